The molecule has 1 aromatic rings. The fraction of sp³-hybridized carbons (Fsp3) is 0.571. The summed E-state index contributed by atoms with van der Waals surface area (Å²) in [5.41, 5.74) is 0.824. The van der Waals surface area contributed by atoms with Crippen LogP contribution in [0.3, 0.4) is 0 Å². The van der Waals surface area contributed by atoms with Crippen LogP contribution in [0.25, 0.3) is 0 Å². The summed E-state index contributed by atoms with van der Waals surface area (Å²) in [6.07, 6.45) is 6.26. The van der Waals surface area contributed by atoms with Gasteiger partial charge in [-0.05, 0) is 30.9 Å². The van der Waals surface area contributed by atoms with E-state index in [-0.39, 0.29) is 0 Å². The third kappa shape index (κ3) is 3.46. The minimum Gasteiger partial charge on any atom is -0.380 e. The summed E-state index contributed by atoms with van der Waals surface area (Å²) < 4.78 is 0. The summed E-state index contributed by atoms with van der Waals surface area (Å²) in [6, 6.07) is 3.94. The number of hydrogen-bond acceptors (Lipinski definition) is 1. The van der Waals surface area contributed by atoms with Crippen LogP contribution in [-0.2, 0) is 0 Å². The highest BCUT2D eigenvalue weighted by Crippen LogP contribution is 2.36. The van der Waals surface area contributed by atoms with Gasteiger partial charge in [-0.25, -0.2) is 0 Å². The maximum absolute atomic E-state index is 6.19. The zero-order valence-electron chi connectivity index (χ0n) is 10.5. The zero-order valence-corrected chi connectivity index (χ0v) is 12.7. The van der Waals surface area contributed by atoms with Crippen molar-refractivity contribution in [3.63, 3.8) is 0 Å². The molecular weight excluding hydrogens is 289 g/mol. The first-order valence-electron chi connectivity index (χ1n) is 6.51. The molecule has 4 heteroatoms. The van der Waals surface area contributed by atoms with Crippen molar-refractivity contribution in [1.82, 2.24) is 0 Å². The molecule has 0 aliphatic heterocycles. The molecule has 2 atom stereocenters. The van der Waals surface area contributed by atoms with Gasteiger partial charge in [-0.1, -0.05) is 61.0 Å². The monoisotopic (exact) mass is 305 g/mol. The zero-order chi connectivity index (χ0) is 13.1. The van der Waals surface area contributed by atoms with Crippen molar-refractivity contribution < 1.29 is 0 Å². The van der Waals surface area contributed by atoms with Crippen LogP contribution in [0, 0.1) is 5.92 Å². The molecule has 18 heavy (non-hydrogen) atoms. The molecule has 1 nitrogen and oxygen atoms in total. The standard InChI is InChI=1S/C14H18Cl3N/c1-2-9-4-3-5-11(6-9)18-14-12(16)7-10(15)8-13(14)17/h7-9,11,18H,2-6H2,1H3. The molecule has 0 spiro atoms. The Labute approximate surface area is 124 Å². The van der Waals surface area contributed by atoms with Crippen LogP contribution in [0.5, 0.6) is 0 Å². The van der Waals surface area contributed by atoms with E-state index in [1.807, 2.05) is 0 Å². The van der Waals surface area contributed by atoms with E-state index in [0.29, 0.717) is 21.1 Å². The predicted molar refractivity (Wildman–Crippen MR) is 81.1 cm³/mol. The van der Waals surface area contributed by atoms with E-state index in [4.69, 9.17) is 34.8 Å². The van der Waals surface area contributed by atoms with E-state index in [2.05, 4.69) is 12.2 Å². The van der Waals surface area contributed by atoms with Crippen molar-refractivity contribution in [2.24, 2.45) is 5.92 Å². The first-order valence-corrected chi connectivity index (χ1v) is 7.64. The number of benzene rings is 1. The lowest BCUT2D eigenvalue weighted by molar-refractivity contribution is 0.327. The van der Waals surface area contributed by atoms with Gasteiger partial charge in [0.1, 0.15) is 0 Å². The van der Waals surface area contributed by atoms with Gasteiger partial charge in [0.2, 0.25) is 0 Å². The van der Waals surface area contributed by atoms with Crippen LogP contribution >= 0.6 is 34.8 Å². The molecule has 2 unspecified atom stereocenters. The van der Waals surface area contributed by atoms with Crippen LogP contribution in [-0.4, -0.2) is 6.04 Å². The van der Waals surface area contributed by atoms with E-state index in [0.717, 1.165) is 11.6 Å². The molecule has 0 heterocycles. The lowest BCUT2D eigenvalue weighted by Gasteiger charge is -2.30. The fourth-order valence-corrected chi connectivity index (χ4v) is 3.60. The molecule has 0 radical (unpaired) electrons. The Balaban J connectivity index is 2.09. The molecule has 1 saturated carbocycles. The Morgan fingerprint density at radius 3 is 2.44 bits per heavy atom. The Bertz CT molecular complexity index is 396. The van der Waals surface area contributed by atoms with Crippen molar-refractivity contribution in [2.45, 2.75) is 45.1 Å². The third-order valence-corrected chi connectivity index (χ3v) is 4.53. The first-order chi connectivity index (χ1) is 8.60. The van der Waals surface area contributed by atoms with Crippen LogP contribution in [0.2, 0.25) is 15.1 Å². The van der Waals surface area contributed by atoms with E-state index in [1.54, 1.807) is 12.1 Å². The van der Waals surface area contributed by atoms with Crippen LogP contribution in [0.1, 0.15) is 39.0 Å². The van der Waals surface area contributed by atoms with Gasteiger partial charge >= 0.3 is 0 Å². The summed E-state index contributed by atoms with van der Waals surface area (Å²) in [7, 11) is 0. The molecule has 1 aliphatic rings. The molecule has 0 amide bonds. The maximum atomic E-state index is 6.19. The molecular formula is C14H18Cl3N. The maximum Gasteiger partial charge on any atom is 0.0722 e. The summed E-state index contributed by atoms with van der Waals surface area (Å²) in [5.74, 6) is 0.820. The van der Waals surface area contributed by atoms with Crippen LogP contribution < -0.4 is 5.32 Å². The lowest BCUT2D eigenvalue weighted by Crippen LogP contribution is -2.27. The van der Waals surface area contributed by atoms with Crippen molar-refractivity contribution in [3.05, 3.63) is 27.2 Å². The highest BCUT2D eigenvalue weighted by molar-refractivity contribution is 6.41. The van der Waals surface area contributed by atoms with Crippen LogP contribution in [0.15, 0.2) is 12.1 Å². The van der Waals surface area contributed by atoms with E-state index in [9.17, 15) is 0 Å². The molecule has 1 aliphatic carbocycles. The average molecular weight is 307 g/mol. The summed E-state index contributed by atoms with van der Waals surface area (Å²) in [4.78, 5) is 0. The van der Waals surface area contributed by atoms with Crippen molar-refractivity contribution in [1.29, 1.82) is 0 Å². The molecule has 1 aromatic carbocycles. The topological polar surface area (TPSA) is 12.0 Å². The van der Waals surface area contributed by atoms with Gasteiger partial charge in [0.25, 0.3) is 0 Å². The van der Waals surface area contributed by atoms with Gasteiger partial charge in [0, 0.05) is 11.1 Å². The minimum atomic E-state index is 0.472. The van der Waals surface area contributed by atoms with E-state index < -0.39 is 0 Å². The second-order valence-electron chi connectivity index (χ2n) is 5.03. The Hall–Kier alpha value is -0.110. The van der Waals surface area contributed by atoms with Crippen molar-refractivity contribution >= 4 is 40.5 Å². The van der Waals surface area contributed by atoms with Gasteiger partial charge < -0.3 is 5.32 Å². The van der Waals surface area contributed by atoms with Crippen molar-refractivity contribution in [3.8, 4) is 0 Å². The van der Waals surface area contributed by atoms with Gasteiger partial charge in [0.15, 0.2) is 0 Å². The summed E-state index contributed by atoms with van der Waals surface area (Å²) in [5, 5.41) is 5.27. The highest BCUT2D eigenvalue weighted by Gasteiger charge is 2.22. The Kier molecular flexibility index (Phi) is 5.06. The first kappa shape index (κ1) is 14.3. The van der Waals surface area contributed by atoms with Gasteiger partial charge in [-0.2, -0.15) is 0 Å². The largest absolute Gasteiger partial charge is 0.380 e. The molecule has 1 fully saturated rings. The van der Waals surface area contributed by atoms with Gasteiger partial charge in [0.05, 0.1) is 15.7 Å². The number of halogens is 3. The molecule has 0 aromatic heterocycles. The Morgan fingerprint density at radius 2 is 1.83 bits per heavy atom. The third-order valence-electron chi connectivity index (χ3n) is 3.72. The van der Waals surface area contributed by atoms with Crippen LogP contribution in [0.4, 0.5) is 5.69 Å². The lowest BCUT2D eigenvalue weighted by atomic mass is 9.84. The molecule has 100 valence electrons. The molecule has 1 N–H and O–H groups in total. The minimum absolute atomic E-state index is 0.472. The SMILES string of the molecule is CCC1CCCC(Nc2c(Cl)cc(Cl)cc2Cl)C1. The number of hydrogen-bond donors (Lipinski definition) is 1. The molecule has 0 saturated heterocycles. The van der Waals surface area contributed by atoms with Gasteiger partial charge in [-0.3, -0.25) is 0 Å². The van der Waals surface area contributed by atoms with E-state index >= 15 is 0 Å². The van der Waals surface area contributed by atoms with E-state index in [1.165, 1.54) is 32.1 Å². The number of rotatable bonds is 3. The summed E-state index contributed by atoms with van der Waals surface area (Å²) >= 11 is 18.3. The normalized spacial score (nSPS) is 24.0. The highest BCUT2D eigenvalue weighted by atomic mass is 35.5. The Morgan fingerprint density at radius 1 is 1.17 bits per heavy atom. The molecule has 2 rings (SSSR count). The van der Waals surface area contributed by atoms with Crippen molar-refractivity contribution in [2.75, 3.05) is 5.32 Å². The molecule has 0 bridgehead atoms. The fourth-order valence-electron chi connectivity index (χ4n) is 2.68. The smallest absolute Gasteiger partial charge is 0.0722 e. The van der Waals surface area contributed by atoms with Gasteiger partial charge in [-0.15, -0.1) is 0 Å². The second kappa shape index (κ2) is 6.36. The number of nitrogens with one attached hydrogen (secondary N) is 1. The average Bonchev–Trinajstić information content (AvgIpc) is 2.34. The predicted octanol–water partition coefficient (Wildman–Crippen LogP) is 6.03. The summed E-state index contributed by atoms with van der Waals surface area (Å²) in [6.45, 7) is 2.26. The number of anilines is 1. The quantitative estimate of drug-likeness (QED) is 0.719. The second-order valence-corrected chi connectivity index (χ2v) is 6.28.